The Morgan fingerprint density at radius 1 is 1.31 bits per heavy atom. The number of nitrogens with one attached hydrogen (secondary N) is 1. The molecule has 76 valence electrons. The van der Waals surface area contributed by atoms with Crippen molar-refractivity contribution in [1.29, 1.82) is 0 Å². The van der Waals surface area contributed by atoms with E-state index in [-0.39, 0.29) is 0 Å². The van der Waals surface area contributed by atoms with Gasteiger partial charge in [0.15, 0.2) is 0 Å². The lowest BCUT2D eigenvalue weighted by atomic mass is 9.98. The second kappa shape index (κ2) is 3.25. The highest BCUT2D eigenvalue weighted by Crippen LogP contribution is 2.35. The monoisotopic (exact) mass is 182 g/mol. The molecule has 2 fully saturated rings. The highest BCUT2D eigenvalue weighted by molar-refractivity contribution is 4.96. The third-order valence-electron chi connectivity index (χ3n) is 3.47. The van der Waals surface area contributed by atoms with Crippen LogP contribution in [0.15, 0.2) is 0 Å². The molecule has 2 rings (SSSR count). The molecular formula is C11H22N2. The predicted octanol–water partition coefficient (Wildman–Crippen LogP) is 1.61. The fourth-order valence-electron chi connectivity index (χ4n) is 2.40. The molecule has 0 bridgehead atoms. The standard InChI is InChI=1S/C11H22N2/c1-9-8-13(10-4-5-10)11(2,3)6-7-12-9/h9-10,12H,4-8H2,1-3H3. The van der Waals surface area contributed by atoms with Crippen LogP contribution in [-0.4, -0.2) is 35.6 Å². The van der Waals surface area contributed by atoms with Crippen LogP contribution in [0.2, 0.25) is 0 Å². The molecule has 0 radical (unpaired) electrons. The van der Waals surface area contributed by atoms with E-state index in [1.54, 1.807) is 0 Å². The lowest BCUT2D eigenvalue weighted by Gasteiger charge is -2.37. The zero-order valence-electron chi connectivity index (χ0n) is 9.14. The van der Waals surface area contributed by atoms with Gasteiger partial charge in [0, 0.05) is 24.2 Å². The van der Waals surface area contributed by atoms with E-state index >= 15 is 0 Å². The average molecular weight is 182 g/mol. The first kappa shape index (κ1) is 9.47. The van der Waals surface area contributed by atoms with Gasteiger partial charge in [-0.1, -0.05) is 0 Å². The maximum atomic E-state index is 3.57. The van der Waals surface area contributed by atoms with Crippen LogP contribution >= 0.6 is 0 Å². The Labute approximate surface area is 81.7 Å². The maximum Gasteiger partial charge on any atom is 0.0168 e. The summed E-state index contributed by atoms with van der Waals surface area (Å²) in [4.78, 5) is 2.72. The van der Waals surface area contributed by atoms with Gasteiger partial charge in [-0.25, -0.2) is 0 Å². The fraction of sp³-hybridized carbons (Fsp3) is 1.00. The van der Waals surface area contributed by atoms with Gasteiger partial charge in [0.25, 0.3) is 0 Å². The Kier molecular flexibility index (Phi) is 2.37. The average Bonchev–Trinajstić information content (AvgIpc) is 2.80. The molecule has 2 aliphatic rings. The molecule has 0 aromatic rings. The van der Waals surface area contributed by atoms with Crippen molar-refractivity contribution in [3.05, 3.63) is 0 Å². The van der Waals surface area contributed by atoms with Crippen LogP contribution in [0.4, 0.5) is 0 Å². The van der Waals surface area contributed by atoms with Crippen LogP contribution in [0.1, 0.15) is 40.0 Å². The summed E-state index contributed by atoms with van der Waals surface area (Å²) in [5.74, 6) is 0. The number of hydrogen-bond acceptors (Lipinski definition) is 2. The normalized spacial score (nSPS) is 35.8. The van der Waals surface area contributed by atoms with Crippen molar-refractivity contribution in [2.45, 2.75) is 57.7 Å². The van der Waals surface area contributed by atoms with E-state index in [2.05, 4.69) is 31.0 Å². The van der Waals surface area contributed by atoms with E-state index in [1.807, 2.05) is 0 Å². The first-order chi connectivity index (χ1) is 6.09. The molecule has 0 aromatic carbocycles. The van der Waals surface area contributed by atoms with Gasteiger partial charge in [0.05, 0.1) is 0 Å². The minimum atomic E-state index is 0.416. The van der Waals surface area contributed by atoms with Gasteiger partial charge >= 0.3 is 0 Å². The molecule has 1 saturated carbocycles. The second-order valence-electron chi connectivity index (χ2n) is 5.30. The van der Waals surface area contributed by atoms with E-state index in [4.69, 9.17) is 0 Å². The molecule has 1 atom stereocenters. The molecular weight excluding hydrogens is 160 g/mol. The van der Waals surface area contributed by atoms with E-state index in [9.17, 15) is 0 Å². The van der Waals surface area contributed by atoms with Crippen molar-refractivity contribution < 1.29 is 0 Å². The Morgan fingerprint density at radius 2 is 2.00 bits per heavy atom. The van der Waals surface area contributed by atoms with Crippen molar-refractivity contribution in [3.63, 3.8) is 0 Å². The first-order valence-electron chi connectivity index (χ1n) is 5.60. The van der Waals surface area contributed by atoms with Crippen molar-refractivity contribution in [2.24, 2.45) is 0 Å². The molecule has 1 heterocycles. The third kappa shape index (κ3) is 2.05. The van der Waals surface area contributed by atoms with Crippen LogP contribution in [0.25, 0.3) is 0 Å². The summed E-state index contributed by atoms with van der Waals surface area (Å²) in [5, 5.41) is 3.57. The van der Waals surface area contributed by atoms with Crippen LogP contribution in [0.5, 0.6) is 0 Å². The summed E-state index contributed by atoms with van der Waals surface area (Å²) in [6.45, 7) is 9.50. The molecule has 1 saturated heterocycles. The van der Waals surface area contributed by atoms with Crippen LogP contribution in [0.3, 0.4) is 0 Å². The second-order valence-corrected chi connectivity index (χ2v) is 5.30. The van der Waals surface area contributed by atoms with Crippen molar-refractivity contribution in [1.82, 2.24) is 10.2 Å². The minimum absolute atomic E-state index is 0.416. The van der Waals surface area contributed by atoms with Gasteiger partial charge in [0.2, 0.25) is 0 Å². The Hall–Kier alpha value is -0.0800. The number of rotatable bonds is 1. The fourth-order valence-corrected chi connectivity index (χ4v) is 2.40. The SMILES string of the molecule is CC1CN(C2CC2)C(C)(C)CCN1. The van der Waals surface area contributed by atoms with E-state index in [1.165, 1.54) is 32.4 Å². The minimum Gasteiger partial charge on any atom is -0.313 e. The van der Waals surface area contributed by atoms with E-state index in [0.717, 1.165) is 6.04 Å². The smallest absolute Gasteiger partial charge is 0.0168 e. The molecule has 0 amide bonds. The van der Waals surface area contributed by atoms with Gasteiger partial charge in [-0.15, -0.1) is 0 Å². The number of nitrogens with zero attached hydrogens (tertiary/aromatic N) is 1. The van der Waals surface area contributed by atoms with Crippen LogP contribution in [0, 0.1) is 0 Å². The molecule has 0 spiro atoms. The highest BCUT2D eigenvalue weighted by Gasteiger charge is 2.39. The van der Waals surface area contributed by atoms with Crippen molar-refractivity contribution in [3.8, 4) is 0 Å². The third-order valence-corrected chi connectivity index (χ3v) is 3.47. The Morgan fingerprint density at radius 3 is 2.62 bits per heavy atom. The molecule has 1 aliphatic heterocycles. The van der Waals surface area contributed by atoms with Crippen molar-refractivity contribution in [2.75, 3.05) is 13.1 Å². The van der Waals surface area contributed by atoms with Gasteiger partial charge in [0.1, 0.15) is 0 Å². The summed E-state index contributed by atoms with van der Waals surface area (Å²) in [6.07, 6.45) is 4.14. The van der Waals surface area contributed by atoms with E-state index < -0.39 is 0 Å². The summed E-state index contributed by atoms with van der Waals surface area (Å²) in [7, 11) is 0. The molecule has 1 unspecified atom stereocenters. The van der Waals surface area contributed by atoms with E-state index in [0.29, 0.717) is 11.6 Å². The molecule has 0 aromatic heterocycles. The lowest BCUT2D eigenvalue weighted by Crippen LogP contribution is -2.47. The molecule has 13 heavy (non-hydrogen) atoms. The van der Waals surface area contributed by atoms with Gasteiger partial charge in [-0.2, -0.15) is 0 Å². The quantitative estimate of drug-likeness (QED) is 0.663. The first-order valence-corrected chi connectivity index (χ1v) is 5.60. The van der Waals surface area contributed by atoms with Gasteiger partial charge in [-0.05, 0) is 46.6 Å². The zero-order chi connectivity index (χ0) is 9.47. The van der Waals surface area contributed by atoms with Crippen LogP contribution in [-0.2, 0) is 0 Å². The topological polar surface area (TPSA) is 15.3 Å². The molecule has 2 heteroatoms. The lowest BCUT2D eigenvalue weighted by molar-refractivity contribution is 0.112. The largest absolute Gasteiger partial charge is 0.313 e. The summed E-state index contributed by atoms with van der Waals surface area (Å²) < 4.78 is 0. The van der Waals surface area contributed by atoms with Crippen molar-refractivity contribution >= 4 is 0 Å². The molecule has 2 nitrogen and oxygen atoms in total. The Bertz CT molecular complexity index is 185. The predicted molar refractivity (Wildman–Crippen MR) is 55.9 cm³/mol. The molecule has 1 aliphatic carbocycles. The molecule has 1 N–H and O–H groups in total. The highest BCUT2D eigenvalue weighted by atomic mass is 15.3. The summed E-state index contributed by atoms with van der Waals surface area (Å²) >= 11 is 0. The Balaban J connectivity index is 2.07. The zero-order valence-corrected chi connectivity index (χ0v) is 9.14. The van der Waals surface area contributed by atoms with Crippen LogP contribution < -0.4 is 5.32 Å². The number of hydrogen-bond donors (Lipinski definition) is 1. The van der Waals surface area contributed by atoms with Gasteiger partial charge < -0.3 is 5.32 Å². The maximum absolute atomic E-state index is 3.57. The van der Waals surface area contributed by atoms with Gasteiger partial charge in [-0.3, -0.25) is 4.90 Å². The summed E-state index contributed by atoms with van der Waals surface area (Å²) in [5.41, 5.74) is 0.416. The summed E-state index contributed by atoms with van der Waals surface area (Å²) in [6, 6.07) is 1.57.